The van der Waals surface area contributed by atoms with Crippen LogP contribution in [0.4, 0.5) is 0 Å². The highest BCUT2D eigenvalue weighted by Gasteiger charge is 2.38. The summed E-state index contributed by atoms with van der Waals surface area (Å²) < 4.78 is 0. The minimum Gasteiger partial charge on any atom is -0.339 e. The van der Waals surface area contributed by atoms with Crippen LogP contribution in [0.15, 0.2) is 0 Å². The summed E-state index contributed by atoms with van der Waals surface area (Å²) >= 11 is 0. The molecular weight excluding hydrogens is 212 g/mol. The number of carbonyl (C=O) groups excluding carboxylic acids is 1. The van der Waals surface area contributed by atoms with Gasteiger partial charge in [-0.1, -0.05) is 19.8 Å². The second-order valence-electron chi connectivity index (χ2n) is 5.76. The Morgan fingerprint density at radius 3 is 2.88 bits per heavy atom. The third kappa shape index (κ3) is 2.82. The lowest BCUT2D eigenvalue weighted by Crippen LogP contribution is -2.41. The molecule has 0 spiro atoms. The zero-order chi connectivity index (χ0) is 12.3. The van der Waals surface area contributed by atoms with E-state index in [4.69, 9.17) is 5.73 Å². The summed E-state index contributed by atoms with van der Waals surface area (Å²) in [5, 5.41) is 0. The molecule has 17 heavy (non-hydrogen) atoms. The van der Waals surface area contributed by atoms with Crippen molar-refractivity contribution >= 4 is 5.91 Å². The Morgan fingerprint density at radius 1 is 1.35 bits per heavy atom. The topological polar surface area (TPSA) is 46.3 Å². The number of hydrogen-bond donors (Lipinski definition) is 1. The molecule has 2 fully saturated rings. The first-order valence-electron chi connectivity index (χ1n) is 7.24. The maximum Gasteiger partial charge on any atom is 0.225 e. The third-order valence-corrected chi connectivity index (χ3v) is 4.56. The van der Waals surface area contributed by atoms with Gasteiger partial charge in [0.2, 0.25) is 5.91 Å². The van der Waals surface area contributed by atoms with E-state index >= 15 is 0 Å². The molecule has 0 aromatic heterocycles. The Morgan fingerprint density at radius 2 is 2.12 bits per heavy atom. The highest BCUT2D eigenvalue weighted by molar-refractivity contribution is 5.79. The number of likely N-dealkylation sites (tertiary alicyclic amines) is 1. The first-order valence-corrected chi connectivity index (χ1v) is 7.24. The minimum atomic E-state index is 0.166. The van der Waals surface area contributed by atoms with Gasteiger partial charge in [0.15, 0.2) is 0 Å². The summed E-state index contributed by atoms with van der Waals surface area (Å²) in [6.07, 6.45) is 8.40. The molecule has 1 aliphatic heterocycles. The third-order valence-electron chi connectivity index (χ3n) is 4.56. The molecule has 3 atom stereocenters. The van der Waals surface area contributed by atoms with Crippen molar-refractivity contribution < 1.29 is 4.79 Å². The number of nitrogens with two attached hydrogens (primary N) is 1. The van der Waals surface area contributed by atoms with Crippen molar-refractivity contribution in [1.82, 2.24) is 4.90 Å². The van der Waals surface area contributed by atoms with Gasteiger partial charge in [-0.3, -0.25) is 4.79 Å². The van der Waals surface area contributed by atoms with Crippen LogP contribution in [-0.4, -0.2) is 29.9 Å². The fourth-order valence-corrected chi connectivity index (χ4v) is 3.51. The van der Waals surface area contributed by atoms with E-state index in [-0.39, 0.29) is 5.92 Å². The van der Waals surface area contributed by atoms with Gasteiger partial charge in [-0.2, -0.15) is 0 Å². The number of nitrogens with zero attached hydrogens (tertiary/aromatic N) is 1. The maximum atomic E-state index is 12.4. The fourth-order valence-electron chi connectivity index (χ4n) is 3.51. The molecule has 0 radical (unpaired) electrons. The van der Waals surface area contributed by atoms with Crippen molar-refractivity contribution in [2.24, 2.45) is 17.6 Å². The van der Waals surface area contributed by atoms with Gasteiger partial charge in [-0.25, -0.2) is 0 Å². The lowest BCUT2D eigenvalue weighted by molar-refractivity contribution is -0.136. The molecule has 0 aromatic rings. The summed E-state index contributed by atoms with van der Waals surface area (Å²) in [5.74, 6) is 1.35. The number of amides is 1. The van der Waals surface area contributed by atoms with E-state index in [2.05, 4.69) is 11.8 Å². The van der Waals surface area contributed by atoms with Crippen LogP contribution in [-0.2, 0) is 4.79 Å². The van der Waals surface area contributed by atoms with Gasteiger partial charge in [-0.15, -0.1) is 0 Å². The summed E-state index contributed by atoms with van der Waals surface area (Å²) in [6, 6.07) is 0.566. The van der Waals surface area contributed by atoms with Gasteiger partial charge in [0.05, 0.1) is 0 Å². The number of hydrogen-bond acceptors (Lipinski definition) is 2. The molecule has 0 bridgehead atoms. The first-order chi connectivity index (χ1) is 8.24. The Kier molecular flexibility index (Phi) is 4.43. The normalized spacial score (nSPS) is 30.1. The molecule has 1 saturated carbocycles. The Hall–Kier alpha value is -0.570. The molecule has 3 nitrogen and oxygen atoms in total. The minimum absolute atomic E-state index is 0.166. The highest BCUT2D eigenvalue weighted by Crippen LogP contribution is 2.36. The van der Waals surface area contributed by atoms with Crippen LogP contribution in [0.5, 0.6) is 0 Å². The van der Waals surface area contributed by atoms with Crippen LogP contribution >= 0.6 is 0 Å². The average Bonchev–Trinajstić information content (AvgIpc) is 2.78. The smallest absolute Gasteiger partial charge is 0.225 e. The van der Waals surface area contributed by atoms with Gasteiger partial charge in [-0.05, 0) is 44.6 Å². The fraction of sp³-hybridized carbons (Fsp3) is 0.929. The lowest BCUT2D eigenvalue weighted by Gasteiger charge is -2.33. The molecule has 2 rings (SSSR count). The Balaban J connectivity index is 1.90. The predicted molar refractivity (Wildman–Crippen MR) is 69.5 cm³/mol. The molecular formula is C14H26N2O. The maximum absolute atomic E-state index is 12.4. The second kappa shape index (κ2) is 5.85. The Labute approximate surface area is 105 Å². The van der Waals surface area contributed by atoms with Crippen LogP contribution in [0.1, 0.15) is 51.9 Å². The van der Waals surface area contributed by atoms with Crippen molar-refractivity contribution in [3.8, 4) is 0 Å². The average molecular weight is 238 g/mol. The molecule has 1 heterocycles. The van der Waals surface area contributed by atoms with Gasteiger partial charge < -0.3 is 10.6 Å². The Bertz CT molecular complexity index is 267. The standard InChI is InChI=1S/C14H26N2O/c1-11(5-4-9-15)14(17)16-10-8-12-6-2-3-7-13(12)16/h11-13H,2-10,15H2,1H3. The summed E-state index contributed by atoms with van der Waals surface area (Å²) in [4.78, 5) is 14.6. The molecule has 3 unspecified atom stereocenters. The van der Waals surface area contributed by atoms with Crippen LogP contribution < -0.4 is 5.73 Å². The van der Waals surface area contributed by atoms with Crippen LogP contribution in [0.2, 0.25) is 0 Å². The zero-order valence-corrected chi connectivity index (χ0v) is 11.0. The van der Waals surface area contributed by atoms with Gasteiger partial charge in [0.25, 0.3) is 0 Å². The van der Waals surface area contributed by atoms with Crippen LogP contribution in [0, 0.1) is 11.8 Å². The molecule has 2 N–H and O–H groups in total. The largest absolute Gasteiger partial charge is 0.339 e. The molecule has 1 aliphatic carbocycles. The quantitative estimate of drug-likeness (QED) is 0.815. The summed E-state index contributed by atoms with van der Waals surface area (Å²) in [6.45, 7) is 3.76. The van der Waals surface area contributed by atoms with Crippen LogP contribution in [0.25, 0.3) is 0 Å². The van der Waals surface area contributed by atoms with Crippen molar-refractivity contribution in [2.75, 3.05) is 13.1 Å². The molecule has 1 amide bonds. The van der Waals surface area contributed by atoms with E-state index in [1.165, 1.54) is 32.1 Å². The zero-order valence-electron chi connectivity index (χ0n) is 11.0. The highest BCUT2D eigenvalue weighted by atomic mass is 16.2. The van der Waals surface area contributed by atoms with Gasteiger partial charge in [0.1, 0.15) is 0 Å². The number of fused-ring (bicyclic) bond motifs is 1. The molecule has 2 aliphatic rings. The van der Waals surface area contributed by atoms with E-state index in [0.29, 0.717) is 18.5 Å². The monoisotopic (exact) mass is 238 g/mol. The lowest BCUT2D eigenvalue weighted by atomic mass is 9.85. The summed E-state index contributed by atoms with van der Waals surface area (Å²) in [7, 11) is 0. The van der Waals surface area contributed by atoms with E-state index in [0.717, 1.165) is 25.3 Å². The van der Waals surface area contributed by atoms with Crippen molar-refractivity contribution in [1.29, 1.82) is 0 Å². The molecule has 0 aromatic carbocycles. The summed E-state index contributed by atoms with van der Waals surface area (Å²) in [5.41, 5.74) is 5.51. The van der Waals surface area contributed by atoms with Crippen LogP contribution in [0.3, 0.4) is 0 Å². The molecule has 98 valence electrons. The molecule has 1 saturated heterocycles. The van der Waals surface area contributed by atoms with Crippen molar-refractivity contribution in [2.45, 2.75) is 57.9 Å². The first kappa shape index (κ1) is 12.9. The predicted octanol–water partition coefficient (Wildman–Crippen LogP) is 2.15. The number of rotatable bonds is 4. The van der Waals surface area contributed by atoms with Gasteiger partial charge in [0, 0.05) is 18.5 Å². The van der Waals surface area contributed by atoms with Gasteiger partial charge >= 0.3 is 0 Å². The number of carbonyl (C=O) groups is 1. The van der Waals surface area contributed by atoms with Crippen molar-refractivity contribution in [3.05, 3.63) is 0 Å². The van der Waals surface area contributed by atoms with E-state index in [1.807, 2.05) is 0 Å². The second-order valence-corrected chi connectivity index (χ2v) is 5.76. The molecule has 3 heteroatoms. The van der Waals surface area contributed by atoms with E-state index in [9.17, 15) is 4.79 Å². The van der Waals surface area contributed by atoms with E-state index in [1.54, 1.807) is 0 Å². The SMILES string of the molecule is CC(CCCN)C(=O)N1CCC2CCCCC21. The van der Waals surface area contributed by atoms with Crippen molar-refractivity contribution in [3.63, 3.8) is 0 Å². The van der Waals surface area contributed by atoms with E-state index < -0.39 is 0 Å².